The lowest BCUT2D eigenvalue weighted by molar-refractivity contribution is -0.133. The Hall–Kier alpha value is -3.94. The first kappa shape index (κ1) is 35.9. The lowest BCUT2D eigenvalue weighted by atomic mass is 9.99. The number of hydrogen-bond donors (Lipinski definition) is 2. The maximum atomic E-state index is 11.7. The topological polar surface area (TPSA) is 132 Å². The van der Waals surface area contributed by atoms with E-state index in [2.05, 4.69) is 36.8 Å². The molecule has 6 rings (SSSR count). The Bertz CT molecular complexity index is 2230. The van der Waals surface area contributed by atoms with Gasteiger partial charge in [0.1, 0.15) is 23.3 Å². The van der Waals surface area contributed by atoms with Gasteiger partial charge < -0.3 is 19.3 Å². The molecule has 0 bridgehead atoms. The van der Waals surface area contributed by atoms with E-state index in [-0.39, 0.29) is 11.1 Å². The Labute approximate surface area is 306 Å². The lowest BCUT2D eigenvalue weighted by Gasteiger charge is -2.17. The van der Waals surface area contributed by atoms with Gasteiger partial charge >= 0.3 is 11.9 Å². The van der Waals surface area contributed by atoms with Gasteiger partial charge in [-0.25, -0.2) is 9.59 Å². The van der Waals surface area contributed by atoms with Crippen molar-refractivity contribution in [2.24, 2.45) is 11.8 Å². The fourth-order valence-corrected chi connectivity index (χ4v) is 12.3. The summed E-state index contributed by atoms with van der Waals surface area (Å²) >= 11 is 6.70. The number of thiophene rings is 4. The number of carboxylic acid groups (broad SMARTS) is 2. The van der Waals surface area contributed by atoms with E-state index < -0.39 is 11.9 Å². The Kier molecular flexibility index (Phi) is 10.8. The summed E-state index contributed by atoms with van der Waals surface area (Å²) in [5.74, 6) is -1.46. The maximum Gasteiger partial charge on any atom is 0.346 e. The number of hydrogen-bond acceptors (Lipinski definition) is 8. The molecule has 0 fully saturated rings. The summed E-state index contributed by atoms with van der Waals surface area (Å²) in [6, 6.07) is 7.75. The highest BCUT2D eigenvalue weighted by molar-refractivity contribution is 7.40. The van der Waals surface area contributed by atoms with Crippen molar-refractivity contribution in [1.29, 1.82) is 10.5 Å². The first-order valence-electron chi connectivity index (χ1n) is 17.3. The normalized spacial score (nSPS) is 14.0. The van der Waals surface area contributed by atoms with Crippen LogP contribution in [0.25, 0.3) is 62.4 Å². The number of fused-ring (bicyclic) bond motifs is 9. The van der Waals surface area contributed by atoms with Crippen molar-refractivity contribution >= 4 is 120 Å². The van der Waals surface area contributed by atoms with Gasteiger partial charge in [0, 0.05) is 22.8 Å². The zero-order valence-electron chi connectivity index (χ0n) is 28.7. The van der Waals surface area contributed by atoms with E-state index in [0.29, 0.717) is 11.8 Å². The second-order valence-corrected chi connectivity index (χ2v) is 17.2. The van der Waals surface area contributed by atoms with Crippen LogP contribution in [-0.2, 0) is 22.7 Å². The summed E-state index contributed by atoms with van der Waals surface area (Å²) in [6.45, 7) is 10.7. The van der Waals surface area contributed by atoms with Crippen LogP contribution in [0.15, 0.2) is 23.3 Å². The fraction of sp³-hybridized carbons (Fsp3) is 0.421. The van der Waals surface area contributed by atoms with E-state index in [0.717, 1.165) is 81.8 Å². The molecule has 0 radical (unpaired) electrons. The van der Waals surface area contributed by atoms with Crippen LogP contribution in [0, 0.1) is 34.5 Å². The molecule has 2 atom stereocenters. The highest BCUT2D eigenvalue weighted by Crippen LogP contribution is 2.53. The summed E-state index contributed by atoms with van der Waals surface area (Å²) in [7, 11) is 0. The molecule has 6 aromatic heterocycles. The fourth-order valence-electron chi connectivity index (χ4n) is 6.92. The van der Waals surface area contributed by atoms with Crippen molar-refractivity contribution in [2.75, 3.05) is 0 Å². The monoisotopic (exact) mass is 744 g/mol. The van der Waals surface area contributed by atoms with Crippen LogP contribution in [-0.4, -0.2) is 31.3 Å². The smallest absolute Gasteiger partial charge is 0.346 e. The van der Waals surface area contributed by atoms with Crippen molar-refractivity contribution in [3.05, 3.63) is 33.0 Å². The molecule has 0 aromatic carbocycles. The molecular weight excluding hydrogens is 705 g/mol. The van der Waals surface area contributed by atoms with Gasteiger partial charge in [-0.15, -0.1) is 45.3 Å². The second kappa shape index (κ2) is 15.1. The van der Waals surface area contributed by atoms with E-state index in [9.17, 15) is 30.3 Å². The van der Waals surface area contributed by atoms with Crippen LogP contribution in [0.2, 0.25) is 0 Å². The predicted octanol–water partition coefficient (Wildman–Crippen LogP) is 11.7. The second-order valence-electron chi connectivity index (χ2n) is 12.9. The summed E-state index contributed by atoms with van der Waals surface area (Å²) in [5.41, 5.74) is 4.07. The van der Waals surface area contributed by atoms with Crippen molar-refractivity contribution < 1.29 is 19.8 Å². The molecule has 50 heavy (non-hydrogen) atoms. The molecule has 0 aliphatic rings. The van der Waals surface area contributed by atoms with Gasteiger partial charge in [-0.05, 0) is 49.0 Å². The molecule has 12 heteroatoms. The molecule has 0 aliphatic heterocycles. The van der Waals surface area contributed by atoms with Crippen LogP contribution in [0.1, 0.15) is 88.8 Å². The molecular formula is C38H40N4O4S4. The van der Waals surface area contributed by atoms with Crippen LogP contribution in [0.4, 0.5) is 0 Å². The molecule has 0 spiro atoms. The van der Waals surface area contributed by atoms with E-state index in [4.69, 9.17) is 0 Å². The average Bonchev–Trinajstić information content (AvgIpc) is 3.92. The first-order chi connectivity index (χ1) is 24.2. The lowest BCUT2D eigenvalue weighted by Crippen LogP contribution is -2.10. The van der Waals surface area contributed by atoms with Crippen LogP contribution < -0.4 is 0 Å². The highest BCUT2D eigenvalue weighted by atomic mass is 32.1. The average molecular weight is 745 g/mol. The molecule has 0 saturated heterocycles. The number of unbranched alkanes of at least 4 members (excludes halogenated alkanes) is 2. The highest BCUT2D eigenvalue weighted by Gasteiger charge is 2.28. The van der Waals surface area contributed by atoms with Gasteiger partial charge in [-0.1, -0.05) is 66.2 Å². The van der Waals surface area contributed by atoms with Crippen LogP contribution in [0.5, 0.6) is 0 Å². The van der Waals surface area contributed by atoms with E-state index >= 15 is 0 Å². The third-order valence-electron chi connectivity index (χ3n) is 9.71. The number of nitriles is 2. The molecule has 0 aliphatic carbocycles. The number of nitrogens with zero attached hydrogens (tertiary/aromatic N) is 4. The quantitative estimate of drug-likeness (QED) is 0.0749. The zero-order chi connectivity index (χ0) is 35.7. The van der Waals surface area contributed by atoms with Gasteiger partial charge in [0.05, 0.1) is 50.3 Å². The third-order valence-corrected chi connectivity index (χ3v) is 14.7. The Balaban J connectivity index is 1.63. The maximum absolute atomic E-state index is 11.7. The van der Waals surface area contributed by atoms with Gasteiger partial charge in [-0.2, -0.15) is 10.5 Å². The minimum atomic E-state index is -1.22. The largest absolute Gasteiger partial charge is 0.477 e. The zero-order valence-corrected chi connectivity index (χ0v) is 31.9. The van der Waals surface area contributed by atoms with Gasteiger partial charge in [0.25, 0.3) is 0 Å². The van der Waals surface area contributed by atoms with E-state index in [1.807, 2.05) is 24.3 Å². The number of carbonyl (C=O) groups is 2. The van der Waals surface area contributed by atoms with Gasteiger partial charge in [0.2, 0.25) is 0 Å². The molecule has 6 aromatic rings. The third kappa shape index (κ3) is 6.51. The SMILES string of the molecule is CCCCC(CC)Cn1c2cc(/C=C(/C#N)C(=O)O)sc2c2sc3c(sc4c5sc(/C=C(/C#N)C(=O)O)cc5n(CC(CC)CCCC)c43)c21. The number of aliphatic carboxylic acids is 2. The molecule has 2 N–H and O–H groups in total. The van der Waals surface area contributed by atoms with Crippen molar-refractivity contribution in [3.8, 4) is 12.1 Å². The summed E-state index contributed by atoms with van der Waals surface area (Å²) in [5, 5.41) is 38.0. The molecule has 6 heterocycles. The van der Waals surface area contributed by atoms with Crippen molar-refractivity contribution in [2.45, 2.75) is 92.2 Å². The predicted molar refractivity (Wildman–Crippen MR) is 211 cm³/mol. The summed E-state index contributed by atoms with van der Waals surface area (Å²) in [6.07, 6.45) is 12.0. The minimum Gasteiger partial charge on any atom is -0.477 e. The van der Waals surface area contributed by atoms with E-state index in [1.54, 1.807) is 45.3 Å². The van der Waals surface area contributed by atoms with Crippen molar-refractivity contribution in [3.63, 3.8) is 0 Å². The standard InChI is InChI=1S/C38H40N4O4S4/c1-5-9-11-21(7-3)19-41-27-15-25(13-23(17-39)37(43)44)47-31(27)33-29(41)35-36(49-33)30-34(50-35)32-28(42(30)20-22(8-4)12-10-6-2)16-26(48-32)14-24(18-40)38(45)46/h13-16,21-22H,5-12,19-20H2,1-4H3,(H,43,44)(H,45,46)/b23-13-,24-14-. The molecule has 0 saturated carbocycles. The molecule has 260 valence electrons. The Morgan fingerprint density at radius 1 is 0.680 bits per heavy atom. The van der Waals surface area contributed by atoms with Gasteiger partial charge in [-0.3, -0.25) is 0 Å². The van der Waals surface area contributed by atoms with Crippen LogP contribution in [0.3, 0.4) is 0 Å². The molecule has 2 unspecified atom stereocenters. The summed E-state index contributed by atoms with van der Waals surface area (Å²) in [4.78, 5) is 24.9. The first-order valence-corrected chi connectivity index (χ1v) is 20.6. The number of carboxylic acids is 2. The number of aromatic nitrogens is 2. The Morgan fingerprint density at radius 3 is 1.38 bits per heavy atom. The summed E-state index contributed by atoms with van der Waals surface area (Å²) < 4.78 is 12.0. The molecule has 0 amide bonds. The minimum absolute atomic E-state index is 0.272. The Morgan fingerprint density at radius 2 is 1.06 bits per heavy atom. The van der Waals surface area contributed by atoms with Crippen LogP contribution >= 0.6 is 45.3 Å². The van der Waals surface area contributed by atoms with Gasteiger partial charge in [0.15, 0.2) is 0 Å². The van der Waals surface area contributed by atoms with E-state index in [1.165, 1.54) is 54.8 Å². The molecule has 8 nitrogen and oxygen atoms in total. The number of rotatable bonds is 16. The van der Waals surface area contributed by atoms with Crippen molar-refractivity contribution in [1.82, 2.24) is 9.13 Å².